The molecule has 2 rings (SSSR count). The molecule has 0 aromatic heterocycles. The molecule has 3 atom stereocenters. The average Bonchev–Trinajstić information content (AvgIpc) is 2.87. The summed E-state index contributed by atoms with van der Waals surface area (Å²) in [5.74, 6) is -2.25. The largest absolute Gasteiger partial charge is 0.459 e. The quantitative estimate of drug-likeness (QED) is 0.265. The maximum atomic E-state index is 13.5. The van der Waals surface area contributed by atoms with Crippen LogP contribution >= 0.6 is 7.60 Å². The first-order chi connectivity index (χ1) is 16.7. The number of carbonyl (C=O) groups excluding carboxylic acids is 2. The van der Waals surface area contributed by atoms with Gasteiger partial charge in [-0.25, -0.2) is 4.79 Å². The van der Waals surface area contributed by atoms with E-state index in [1.807, 2.05) is 67.6 Å². The Bertz CT molecular complexity index is 955. The minimum atomic E-state index is -3.80. The Morgan fingerprint density at radius 2 is 1.51 bits per heavy atom. The summed E-state index contributed by atoms with van der Waals surface area (Å²) >= 11 is 0. The summed E-state index contributed by atoms with van der Waals surface area (Å²) in [6.07, 6.45) is 2.05. The van der Waals surface area contributed by atoms with Gasteiger partial charge in [0.25, 0.3) is 0 Å². The smallest absolute Gasteiger partial charge is 0.348 e. The lowest BCUT2D eigenvalue weighted by Crippen LogP contribution is -2.46. The van der Waals surface area contributed by atoms with Crippen LogP contribution in [0.15, 0.2) is 60.7 Å². The second-order valence-electron chi connectivity index (χ2n) is 8.66. The first-order valence-corrected chi connectivity index (χ1v) is 13.5. The Hall–Kier alpha value is -2.51. The van der Waals surface area contributed by atoms with Crippen molar-refractivity contribution in [2.75, 3.05) is 6.61 Å². The van der Waals surface area contributed by atoms with Gasteiger partial charge in [-0.3, -0.25) is 13.9 Å². The van der Waals surface area contributed by atoms with E-state index in [1.54, 1.807) is 13.8 Å². The fraction of sp³-hybridized carbons (Fsp3) is 0.462. The highest BCUT2D eigenvalue weighted by Gasteiger charge is 2.34. The first-order valence-electron chi connectivity index (χ1n) is 11.9. The third-order valence-corrected chi connectivity index (χ3v) is 7.40. The van der Waals surface area contributed by atoms with Crippen LogP contribution in [0.5, 0.6) is 0 Å². The molecule has 2 unspecified atom stereocenters. The molecule has 0 spiro atoms. The zero-order valence-electron chi connectivity index (χ0n) is 20.7. The van der Waals surface area contributed by atoms with Gasteiger partial charge < -0.3 is 20.3 Å². The second kappa shape index (κ2) is 14.8. The fourth-order valence-corrected chi connectivity index (χ4v) is 4.80. The highest BCUT2D eigenvalue weighted by molar-refractivity contribution is 7.54. The topological polar surface area (TPSA) is 117 Å². The Labute approximate surface area is 208 Å². The molecule has 0 radical (unpaired) electrons. The first kappa shape index (κ1) is 28.7. The van der Waals surface area contributed by atoms with Gasteiger partial charge in [0, 0.05) is 0 Å². The number of carbonyl (C=O) groups is 2. The number of nitrogens with two attached hydrogens (primary N) is 1. The highest BCUT2D eigenvalue weighted by atomic mass is 31.2. The monoisotopic (exact) mass is 504 g/mol. The molecular weight excluding hydrogens is 467 g/mol. The standard InChI is InChI=1S/C26H37N2O6P/c1-4-5-16-23(27)35(31,33-18-22-14-10-7-11-15-22)34-19-24(29)28-25(20(2)3)26(30)32-17-21-12-8-6-9-13-21/h6-15,20,23,25H,4-5,16-19,27H2,1-3H3,(H,28,29)/t23?,25-,35?/m0/s1. The van der Waals surface area contributed by atoms with Crippen molar-refractivity contribution in [3.63, 3.8) is 0 Å². The van der Waals surface area contributed by atoms with Crippen LogP contribution in [0.4, 0.5) is 0 Å². The molecule has 0 fully saturated rings. The Morgan fingerprint density at radius 3 is 2.06 bits per heavy atom. The van der Waals surface area contributed by atoms with Gasteiger partial charge in [0.15, 0.2) is 0 Å². The third kappa shape index (κ3) is 9.94. The van der Waals surface area contributed by atoms with Gasteiger partial charge in [-0.05, 0) is 23.5 Å². The van der Waals surface area contributed by atoms with Crippen molar-refractivity contribution in [2.45, 2.75) is 65.1 Å². The fourth-order valence-electron chi connectivity index (χ4n) is 3.22. The summed E-state index contributed by atoms with van der Waals surface area (Å²) in [4.78, 5) is 25.2. The second-order valence-corrected chi connectivity index (χ2v) is 10.9. The van der Waals surface area contributed by atoms with E-state index in [0.29, 0.717) is 6.42 Å². The number of benzene rings is 2. The number of hydrogen-bond acceptors (Lipinski definition) is 7. The van der Waals surface area contributed by atoms with Crippen molar-refractivity contribution in [2.24, 2.45) is 11.7 Å². The minimum Gasteiger partial charge on any atom is -0.459 e. The van der Waals surface area contributed by atoms with Crippen molar-refractivity contribution < 1.29 is 27.9 Å². The average molecular weight is 505 g/mol. The summed E-state index contributed by atoms with van der Waals surface area (Å²) in [6.45, 7) is 5.18. The van der Waals surface area contributed by atoms with Crippen LogP contribution in [-0.4, -0.2) is 30.3 Å². The molecule has 0 saturated carbocycles. The van der Waals surface area contributed by atoms with E-state index in [2.05, 4.69) is 5.32 Å². The van der Waals surface area contributed by atoms with E-state index in [4.69, 9.17) is 19.5 Å². The Morgan fingerprint density at radius 1 is 0.943 bits per heavy atom. The van der Waals surface area contributed by atoms with E-state index in [0.717, 1.165) is 24.0 Å². The molecule has 2 aromatic rings. The minimum absolute atomic E-state index is 0.0417. The van der Waals surface area contributed by atoms with E-state index in [-0.39, 0.29) is 19.1 Å². The zero-order valence-corrected chi connectivity index (χ0v) is 21.6. The lowest BCUT2D eigenvalue weighted by molar-refractivity contribution is -0.150. The molecule has 0 aliphatic heterocycles. The van der Waals surface area contributed by atoms with Crippen molar-refractivity contribution in [3.8, 4) is 0 Å². The van der Waals surface area contributed by atoms with Gasteiger partial charge in [-0.1, -0.05) is 94.3 Å². The third-order valence-electron chi connectivity index (χ3n) is 5.35. The number of nitrogens with one attached hydrogen (secondary N) is 1. The predicted octanol–water partition coefficient (Wildman–Crippen LogP) is 4.77. The number of rotatable bonds is 15. The predicted molar refractivity (Wildman–Crippen MR) is 135 cm³/mol. The maximum absolute atomic E-state index is 13.5. The lowest BCUT2D eigenvalue weighted by Gasteiger charge is -2.25. The highest BCUT2D eigenvalue weighted by Crippen LogP contribution is 2.53. The maximum Gasteiger partial charge on any atom is 0.348 e. The Kier molecular flexibility index (Phi) is 12.1. The number of ether oxygens (including phenoxy) is 1. The SMILES string of the molecule is CCCCC(N)P(=O)(OCC(=O)N[C@H](C(=O)OCc1ccccc1)C(C)C)OCc1ccccc1. The van der Waals surface area contributed by atoms with Crippen molar-refractivity contribution >= 4 is 19.5 Å². The van der Waals surface area contributed by atoms with Gasteiger partial charge in [-0.2, -0.15) is 0 Å². The van der Waals surface area contributed by atoms with Crippen molar-refractivity contribution in [1.29, 1.82) is 0 Å². The van der Waals surface area contributed by atoms with E-state index < -0.39 is 37.9 Å². The van der Waals surface area contributed by atoms with Crippen molar-refractivity contribution in [1.82, 2.24) is 5.32 Å². The molecule has 2 aromatic carbocycles. The molecule has 8 nitrogen and oxygen atoms in total. The molecular formula is C26H37N2O6P. The summed E-state index contributed by atoms with van der Waals surface area (Å²) < 4.78 is 30.0. The van der Waals surface area contributed by atoms with Gasteiger partial charge in [0.1, 0.15) is 25.0 Å². The van der Waals surface area contributed by atoms with Gasteiger partial charge in [0.05, 0.1) is 6.61 Å². The number of esters is 1. The van der Waals surface area contributed by atoms with E-state index in [9.17, 15) is 14.2 Å². The van der Waals surface area contributed by atoms with Crippen LogP contribution in [0.2, 0.25) is 0 Å². The molecule has 0 bridgehead atoms. The normalized spacial score (nSPS) is 14.7. The summed E-state index contributed by atoms with van der Waals surface area (Å²) in [5, 5.41) is 2.63. The van der Waals surface area contributed by atoms with Crippen LogP contribution in [0.3, 0.4) is 0 Å². The number of hydrogen-bond donors (Lipinski definition) is 2. The van der Waals surface area contributed by atoms with Crippen LogP contribution in [0.1, 0.15) is 51.2 Å². The van der Waals surface area contributed by atoms with Crippen LogP contribution < -0.4 is 11.1 Å². The molecule has 3 N–H and O–H groups in total. The molecule has 1 amide bonds. The summed E-state index contributed by atoms with van der Waals surface area (Å²) in [6, 6.07) is 17.6. The molecule has 0 saturated heterocycles. The van der Waals surface area contributed by atoms with Crippen molar-refractivity contribution in [3.05, 3.63) is 71.8 Å². The van der Waals surface area contributed by atoms with E-state index >= 15 is 0 Å². The van der Waals surface area contributed by atoms with Crippen LogP contribution in [0.25, 0.3) is 0 Å². The molecule has 0 heterocycles. The Balaban J connectivity index is 1.97. The summed E-state index contributed by atoms with van der Waals surface area (Å²) in [5.41, 5.74) is 7.82. The van der Waals surface area contributed by atoms with Crippen LogP contribution in [0, 0.1) is 5.92 Å². The molecule has 0 aliphatic rings. The van der Waals surface area contributed by atoms with E-state index in [1.165, 1.54) is 0 Å². The van der Waals surface area contributed by atoms with Gasteiger partial charge in [-0.15, -0.1) is 0 Å². The number of unbranched alkanes of at least 4 members (excludes halogenated alkanes) is 1. The van der Waals surface area contributed by atoms with Crippen LogP contribution in [-0.2, 0) is 41.2 Å². The molecule has 35 heavy (non-hydrogen) atoms. The molecule has 9 heteroatoms. The molecule has 192 valence electrons. The van der Waals surface area contributed by atoms with Gasteiger partial charge >= 0.3 is 13.6 Å². The molecule has 0 aliphatic carbocycles. The zero-order chi connectivity index (χ0) is 25.7. The summed E-state index contributed by atoms with van der Waals surface area (Å²) in [7, 11) is -3.80. The van der Waals surface area contributed by atoms with Gasteiger partial charge in [0.2, 0.25) is 5.91 Å². The lowest BCUT2D eigenvalue weighted by atomic mass is 10.0. The number of amides is 1.